The van der Waals surface area contributed by atoms with E-state index in [1.807, 2.05) is 6.08 Å². The van der Waals surface area contributed by atoms with Crippen LogP contribution in [0.5, 0.6) is 0 Å². The Kier molecular flexibility index (Phi) is 3.35. The summed E-state index contributed by atoms with van der Waals surface area (Å²) in [7, 11) is -1.19. The lowest BCUT2D eigenvalue weighted by molar-refractivity contribution is 0.211. The zero-order valence-corrected chi connectivity index (χ0v) is 9.67. The van der Waals surface area contributed by atoms with Gasteiger partial charge in [-0.05, 0) is 12.3 Å². The maximum atomic E-state index is 9.23. The van der Waals surface area contributed by atoms with E-state index in [9.17, 15) is 5.11 Å². The summed E-state index contributed by atoms with van der Waals surface area (Å²) in [5.74, 6) is 3.72. The van der Waals surface area contributed by atoms with E-state index < -0.39 is 8.07 Å². The normalized spacial score (nSPS) is 27.1. The van der Waals surface area contributed by atoms with E-state index in [1.54, 1.807) is 0 Å². The molecule has 0 aliphatic heterocycles. The van der Waals surface area contributed by atoms with Gasteiger partial charge >= 0.3 is 0 Å². The Balaban J connectivity index is 2.34. The van der Waals surface area contributed by atoms with Gasteiger partial charge in [-0.2, -0.15) is 0 Å². The number of hydrogen-bond acceptors (Lipinski definition) is 1. The summed E-state index contributed by atoms with van der Waals surface area (Å²) in [5, 5.41) is 9.23. The Hall–Kier alpha value is -0.523. The van der Waals surface area contributed by atoms with Crippen molar-refractivity contribution in [2.24, 2.45) is 5.92 Å². The Bertz CT molecular complexity index is 251. The molecule has 0 spiro atoms. The van der Waals surface area contributed by atoms with Crippen LogP contribution in [0.4, 0.5) is 0 Å². The predicted octanol–water partition coefficient (Wildman–Crippen LogP) is 2.19. The van der Waals surface area contributed by atoms with E-state index in [1.165, 1.54) is 0 Å². The minimum Gasteiger partial charge on any atom is -0.389 e. The minimum absolute atomic E-state index is 0.223. The van der Waals surface area contributed by atoms with Crippen LogP contribution in [0.15, 0.2) is 12.2 Å². The summed E-state index contributed by atoms with van der Waals surface area (Å²) < 4.78 is 0. The fourth-order valence-electron chi connectivity index (χ4n) is 1.35. The molecule has 0 amide bonds. The molecular weight excluding hydrogens is 176 g/mol. The molecule has 1 rings (SSSR count). The van der Waals surface area contributed by atoms with Crippen LogP contribution in [0.25, 0.3) is 0 Å². The summed E-state index contributed by atoms with van der Waals surface area (Å²) in [6.45, 7) is 6.75. The molecule has 0 aromatic rings. The van der Waals surface area contributed by atoms with E-state index in [2.05, 4.69) is 37.2 Å². The Morgan fingerprint density at radius 3 is 2.54 bits per heavy atom. The molecular formula is C11H18OSi. The average Bonchev–Trinajstić information content (AvgIpc) is 2.33. The third-order valence-electron chi connectivity index (χ3n) is 1.98. The molecule has 0 heterocycles. The molecule has 1 nitrogen and oxygen atoms in total. The molecule has 0 fully saturated rings. The van der Waals surface area contributed by atoms with E-state index in [4.69, 9.17) is 0 Å². The van der Waals surface area contributed by atoms with Crippen molar-refractivity contribution in [3.8, 4) is 11.5 Å². The smallest absolute Gasteiger partial charge is 0.129 e. The SMILES string of the molecule is C[Si](C)(C)C#CC[C@@H]1C=C[C@@H](O)C1. The third kappa shape index (κ3) is 4.30. The van der Waals surface area contributed by atoms with E-state index >= 15 is 0 Å². The summed E-state index contributed by atoms with van der Waals surface area (Å²) >= 11 is 0. The van der Waals surface area contributed by atoms with Crippen molar-refractivity contribution in [1.82, 2.24) is 0 Å². The highest BCUT2D eigenvalue weighted by molar-refractivity contribution is 6.83. The lowest BCUT2D eigenvalue weighted by Crippen LogP contribution is -2.16. The van der Waals surface area contributed by atoms with Crippen molar-refractivity contribution in [3.05, 3.63) is 12.2 Å². The van der Waals surface area contributed by atoms with Crippen molar-refractivity contribution in [1.29, 1.82) is 0 Å². The maximum absolute atomic E-state index is 9.23. The number of hydrogen-bond donors (Lipinski definition) is 1. The highest BCUT2D eigenvalue weighted by atomic mass is 28.3. The second-order valence-corrected chi connectivity index (χ2v) is 9.45. The van der Waals surface area contributed by atoms with Crippen LogP contribution >= 0.6 is 0 Å². The monoisotopic (exact) mass is 194 g/mol. The highest BCUT2D eigenvalue weighted by Gasteiger charge is 2.15. The second-order valence-electron chi connectivity index (χ2n) is 4.70. The largest absolute Gasteiger partial charge is 0.389 e. The average molecular weight is 194 g/mol. The number of allylic oxidation sites excluding steroid dienone is 1. The first-order valence-corrected chi connectivity index (χ1v) is 8.34. The lowest BCUT2D eigenvalue weighted by Gasteiger charge is -2.05. The van der Waals surface area contributed by atoms with Crippen LogP contribution in [-0.2, 0) is 0 Å². The molecule has 0 saturated carbocycles. The quantitative estimate of drug-likeness (QED) is 0.385. The molecule has 0 saturated heterocycles. The summed E-state index contributed by atoms with van der Waals surface area (Å²) in [4.78, 5) is 0. The standard InChI is InChI=1S/C11H18OSi/c1-13(2,3)8-4-5-10-6-7-11(12)9-10/h6-7,10-12H,5,9H2,1-3H3/t10-,11-/m1/s1. The van der Waals surface area contributed by atoms with Gasteiger partial charge in [-0.25, -0.2) is 0 Å². The highest BCUT2D eigenvalue weighted by Crippen LogP contribution is 2.20. The Labute approximate surface area is 81.9 Å². The van der Waals surface area contributed by atoms with Crippen molar-refractivity contribution in [3.63, 3.8) is 0 Å². The molecule has 1 aliphatic rings. The Morgan fingerprint density at radius 1 is 1.38 bits per heavy atom. The first kappa shape index (κ1) is 10.6. The molecule has 1 aliphatic carbocycles. The van der Waals surface area contributed by atoms with Crippen LogP contribution in [0.3, 0.4) is 0 Å². The van der Waals surface area contributed by atoms with Gasteiger partial charge in [-0.3, -0.25) is 0 Å². The topological polar surface area (TPSA) is 20.2 Å². The molecule has 72 valence electrons. The molecule has 2 heteroatoms. The van der Waals surface area contributed by atoms with Crippen LogP contribution in [0.1, 0.15) is 12.8 Å². The third-order valence-corrected chi connectivity index (χ3v) is 2.90. The number of rotatable bonds is 1. The van der Waals surface area contributed by atoms with E-state index in [-0.39, 0.29) is 6.10 Å². The van der Waals surface area contributed by atoms with Gasteiger partial charge in [0.25, 0.3) is 0 Å². The van der Waals surface area contributed by atoms with Gasteiger partial charge in [-0.15, -0.1) is 11.5 Å². The molecule has 1 N–H and O–H groups in total. The molecule has 13 heavy (non-hydrogen) atoms. The fourth-order valence-corrected chi connectivity index (χ4v) is 1.98. The van der Waals surface area contributed by atoms with Crippen LogP contribution in [0.2, 0.25) is 19.6 Å². The summed E-state index contributed by atoms with van der Waals surface area (Å²) in [6.07, 6.45) is 5.52. The first-order valence-electron chi connectivity index (χ1n) is 4.84. The van der Waals surface area contributed by atoms with Crippen molar-refractivity contribution < 1.29 is 5.11 Å². The van der Waals surface area contributed by atoms with Crippen LogP contribution < -0.4 is 0 Å². The van der Waals surface area contributed by atoms with Gasteiger partial charge in [-0.1, -0.05) is 31.8 Å². The molecule has 0 bridgehead atoms. The second kappa shape index (κ2) is 4.12. The van der Waals surface area contributed by atoms with Gasteiger partial charge in [0.1, 0.15) is 8.07 Å². The van der Waals surface area contributed by atoms with Gasteiger partial charge in [0.15, 0.2) is 0 Å². The molecule has 2 atom stereocenters. The van der Waals surface area contributed by atoms with Crippen molar-refractivity contribution in [2.75, 3.05) is 0 Å². The molecule has 0 radical (unpaired) electrons. The minimum atomic E-state index is -1.19. The van der Waals surface area contributed by atoms with E-state index in [0.717, 1.165) is 12.8 Å². The fraction of sp³-hybridized carbons (Fsp3) is 0.636. The lowest BCUT2D eigenvalue weighted by atomic mass is 10.1. The van der Waals surface area contributed by atoms with Gasteiger partial charge in [0, 0.05) is 6.42 Å². The summed E-state index contributed by atoms with van der Waals surface area (Å²) in [5.41, 5.74) is 3.34. The number of aliphatic hydroxyl groups is 1. The molecule has 0 aromatic carbocycles. The zero-order chi connectivity index (χ0) is 9.90. The number of aliphatic hydroxyl groups excluding tert-OH is 1. The Morgan fingerprint density at radius 2 is 2.08 bits per heavy atom. The van der Waals surface area contributed by atoms with Gasteiger partial charge in [0.2, 0.25) is 0 Å². The molecule has 0 unspecified atom stereocenters. The summed E-state index contributed by atoms with van der Waals surface area (Å²) in [6, 6.07) is 0. The van der Waals surface area contributed by atoms with E-state index in [0.29, 0.717) is 5.92 Å². The molecule has 0 aromatic heterocycles. The van der Waals surface area contributed by atoms with Gasteiger partial charge in [0.05, 0.1) is 6.10 Å². The first-order chi connectivity index (χ1) is 5.97. The maximum Gasteiger partial charge on any atom is 0.129 e. The van der Waals surface area contributed by atoms with Crippen molar-refractivity contribution >= 4 is 8.07 Å². The van der Waals surface area contributed by atoms with Crippen LogP contribution in [-0.4, -0.2) is 19.3 Å². The predicted molar refractivity (Wildman–Crippen MR) is 59.0 cm³/mol. The van der Waals surface area contributed by atoms with Crippen LogP contribution in [0, 0.1) is 17.4 Å². The zero-order valence-electron chi connectivity index (χ0n) is 8.67. The van der Waals surface area contributed by atoms with Gasteiger partial charge < -0.3 is 5.11 Å². The van der Waals surface area contributed by atoms with Crippen molar-refractivity contribution in [2.45, 2.75) is 38.6 Å².